The van der Waals surface area contributed by atoms with Crippen molar-refractivity contribution in [1.82, 2.24) is 15.2 Å². The lowest BCUT2D eigenvalue weighted by Gasteiger charge is -2.16. The van der Waals surface area contributed by atoms with Gasteiger partial charge in [0.25, 0.3) is 0 Å². The van der Waals surface area contributed by atoms with Gasteiger partial charge < -0.3 is 14.8 Å². The van der Waals surface area contributed by atoms with Crippen molar-refractivity contribution in [1.29, 1.82) is 0 Å². The topological polar surface area (TPSA) is 101 Å². The highest BCUT2D eigenvalue weighted by Gasteiger charge is 2.45. The number of benzene rings is 2. The van der Waals surface area contributed by atoms with Crippen LogP contribution < -0.4 is 5.32 Å². The summed E-state index contributed by atoms with van der Waals surface area (Å²) in [7, 11) is 0. The van der Waals surface area contributed by atoms with E-state index in [2.05, 4.69) is 50.8 Å². The lowest BCUT2D eigenvalue weighted by molar-refractivity contribution is -0.138. The van der Waals surface area contributed by atoms with Gasteiger partial charge in [0.05, 0.1) is 23.8 Å². The van der Waals surface area contributed by atoms with Gasteiger partial charge in [-0.3, -0.25) is 9.78 Å². The number of nitrogens with zero attached hydrogens (tertiary/aromatic N) is 3. The number of carboxylic acids is 1. The summed E-state index contributed by atoms with van der Waals surface area (Å²) in [6, 6.07) is 18.9. The van der Waals surface area contributed by atoms with Crippen LogP contribution in [-0.2, 0) is 11.2 Å². The van der Waals surface area contributed by atoms with Crippen LogP contribution in [-0.4, -0.2) is 26.3 Å². The number of pyridine rings is 1. The molecule has 2 aromatic carbocycles. The van der Waals surface area contributed by atoms with Gasteiger partial charge in [-0.05, 0) is 65.8 Å². The van der Waals surface area contributed by atoms with Crippen LogP contribution >= 0.6 is 0 Å². The summed E-state index contributed by atoms with van der Waals surface area (Å²) in [5, 5.41) is 20.8. The summed E-state index contributed by atoms with van der Waals surface area (Å²) < 4.78 is 5.54. The molecule has 7 heteroatoms. The van der Waals surface area contributed by atoms with Gasteiger partial charge in [0.2, 0.25) is 11.8 Å². The molecule has 6 rings (SSSR count). The molecule has 7 nitrogen and oxygen atoms in total. The molecular formula is C27H24N4O3. The van der Waals surface area contributed by atoms with Gasteiger partial charge in [-0.1, -0.05) is 30.3 Å². The van der Waals surface area contributed by atoms with Gasteiger partial charge in [-0.25, -0.2) is 0 Å². The second-order valence-electron chi connectivity index (χ2n) is 9.07. The zero-order valence-electron chi connectivity index (χ0n) is 18.7. The van der Waals surface area contributed by atoms with Crippen LogP contribution in [0.3, 0.4) is 0 Å². The Balaban J connectivity index is 1.20. The second-order valence-corrected chi connectivity index (χ2v) is 9.07. The molecule has 0 amide bonds. The average molecular weight is 453 g/mol. The Kier molecular flexibility index (Phi) is 4.90. The lowest BCUT2D eigenvalue weighted by atomic mass is 9.95. The maximum Gasteiger partial charge on any atom is 0.307 e. The monoisotopic (exact) mass is 452 g/mol. The van der Waals surface area contributed by atoms with Crippen molar-refractivity contribution in [2.75, 3.05) is 5.32 Å². The standard InChI is InChI=1S/C27H24N4O3/c1-15-30-31-26(34-15)17-7-5-16(6-8-17)19-3-2-4-21-20(19)10-12-25(21)29-18-9-11-24(28-14-18)22-13-23(22)27(32)33/h2-9,11,14,22-23,25,29H,10,12-13H2,1H3,(H,32,33)/t22-,23-,25-/m1/s1. The summed E-state index contributed by atoms with van der Waals surface area (Å²) >= 11 is 0. The number of hydrogen-bond acceptors (Lipinski definition) is 6. The fourth-order valence-corrected chi connectivity index (χ4v) is 4.99. The van der Waals surface area contributed by atoms with Gasteiger partial charge in [0, 0.05) is 24.1 Å². The van der Waals surface area contributed by atoms with E-state index in [1.54, 1.807) is 6.92 Å². The normalized spacial score (nSPS) is 20.7. The molecule has 2 heterocycles. The van der Waals surface area contributed by atoms with Crippen molar-refractivity contribution >= 4 is 11.7 Å². The number of anilines is 1. The molecule has 0 aliphatic heterocycles. The van der Waals surface area contributed by atoms with Crippen LogP contribution in [0.2, 0.25) is 0 Å². The number of nitrogens with one attached hydrogen (secondary N) is 1. The Morgan fingerprint density at radius 3 is 2.56 bits per heavy atom. The third kappa shape index (κ3) is 3.73. The highest BCUT2D eigenvalue weighted by Crippen LogP contribution is 2.47. The molecule has 2 N–H and O–H groups in total. The second kappa shape index (κ2) is 8.09. The number of aromatic nitrogens is 3. The van der Waals surface area contributed by atoms with E-state index < -0.39 is 5.97 Å². The minimum atomic E-state index is -0.730. The van der Waals surface area contributed by atoms with Crippen LogP contribution in [0.5, 0.6) is 0 Å². The van der Waals surface area contributed by atoms with E-state index in [-0.39, 0.29) is 17.9 Å². The first-order valence-corrected chi connectivity index (χ1v) is 11.5. The number of carbonyl (C=O) groups is 1. The largest absolute Gasteiger partial charge is 0.481 e. The summed E-state index contributed by atoms with van der Waals surface area (Å²) in [6.45, 7) is 1.79. The van der Waals surface area contributed by atoms with Crippen molar-refractivity contribution in [2.24, 2.45) is 5.92 Å². The summed E-state index contributed by atoms with van der Waals surface area (Å²) in [6.07, 6.45) is 4.52. The molecule has 1 fully saturated rings. The SMILES string of the molecule is Cc1nnc(-c2ccc(-c3cccc4c3CC[C@H]4Nc3ccc([C@@H]4C[C@H]4C(=O)O)nc3)cc2)o1. The van der Waals surface area contributed by atoms with E-state index in [0.29, 0.717) is 18.2 Å². The maximum absolute atomic E-state index is 11.1. The number of fused-ring (bicyclic) bond motifs is 1. The molecule has 1 saturated carbocycles. The third-order valence-corrected chi connectivity index (χ3v) is 6.85. The molecule has 2 aliphatic carbocycles. The van der Waals surface area contributed by atoms with Crippen LogP contribution in [0.4, 0.5) is 5.69 Å². The lowest BCUT2D eigenvalue weighted by Crippen LogP contribution is -2.07. The average Bonchev–Trinajstić information content (AvgIpc) is 3.39. The third-order valence-electron chi connectivity index (χ3n) is 6.85. The molecule has 2 aromatic heterocycles. The Morgan fingerprint density at radius 1 is 1.06 bits per heavy atom. The zero-order chi connectivity index (χ0) is 23.2. The summed E-state index contributed by atoms with van der Waals surface area (Å²) in [4.78, 5) is 15.7. The first-order valence-electron chi connectivity index (χ1n) is 11.5. The molecular weight excluding hydrogens is 428 g/mol. The van der Waals surface area contributed by atoms with Gasteiger partial charge in [-0.2, -0.15) is 0 Å². The van der Waals surface area contributed by atoms with Crippen molar-refractivity contribution in [3.05, 3.63) is 83.5 Å². The summed E-state index contributed by atoms with van der Waals surface area (Å²) in [5.41, 5.74) is 7.83. The van der Waals surface area contributed by atoms with Crippen molar-refractivity contribution < 1.29 is 14.3 Å². The molecule has 170 valence electrons. The number of aryl methyl sites for hydroxylation is 1. The highest BCUT2D eigenvalue weighted by molar-refractivity contribution is 5.75. The van der Waals surface area contributed by atoms with Crippen LogP contribution in [0, 0.1) is 12.8 Å². The molecule has 0 bridgehead atoms. The minimum absolute atomic E-state index is 0.0524. The van der Waals surface area contributed by atoms with E-state index in [9.17, 15) is 4.79 Å². The first-order chi connectivity index (χ1) is 16.6. The molecule has 3 atom stereocenters. The Labute approximate surface area is 196 Å². The number of carboxylic acid groups (broad SMARTS) is 1. The Bertz CT molecular complexity index is 1360. The minimum Gasteiger partial charge on any atom is -0.481 e. The highest BCUT2D eigenvalue weighted by atomic mass is 16.4. The zero-order valence-corrected chi connectivity index (χ0v) is 18.7. The molecule has 0 spiro atoms. The predicted molar refractivity (Wildman–Crippen MR) is 127 cm³/mol. The fraction of sp³-hybridized carbons (Fsp3) is 0.259. The molecule has 2 aliphatic rings. The van der Waals surface area contributed by atoms with E-state index in [1.807, 2.05) is 30.5 Å². The van der Waals surface area contributed by atoms with Crippen LogP contribution in [0.15, 0.2) is 65.2 Å². The molecule has 4 aromatic rings. The summed E-state index contributed by atoms with van der Waals surface area (Å²) in [5.74, 6) is 0.131. The van der Waals surface area contributed by atoms with Crippen LogP contribution in [0.25, 0.3) is 22.6 Å². The number of rotatable bonds is 6. The van der Waals surface area contributed by atoms with Gasteiger partial charge in [-0.15, -0.1) is 10.2 Å². The molecule has 34 heavy (non-hydrogen) atoms. The molecule has 0 radical (unpaired) electrons. The molecule has 0 saturated heterocycles. The van der Waals surface area contributed by atoms with E-state index in [1.165, 1.54) is 22.3 Å². The van der Waals surface area contributed by atoms with Gasteiger partial charge >= 0.3 is 5.97 Å². The number of hydrogen-bond donors (Lipinski definition) is 2. The van der Waals surface area contributed by atoms with Crippen molar-refractivity contribution in [2.45, 2.75) is 38.1 Å². The Morgan fingerprint density at radius 2 is 1.88 bits per heavy atom. The van der Waals surface area contributed by atoms with Crippen molar-refractivity contribution in [3.63, 3.8) is 0 Å². The Hall–Kier alpha value is -4.00. The number of aliphatic carboxylic acids is 1. The fourth-order valence-electron chi connectivity index (χ4n) is 4.99. The smallest absolute Gasteiger partial charge is 0.307 e. The maximum atomic E-state index is 11.1. The van der Waals surface area contributed by atoms with E-state index in [4.69, 9.17) is 9.52 Å². The van der Waals surface area contributed by atoms with Crippen LogP contribution in [0.1, 0.15) is 47.5 Å². The van der Waals surface area contributed by atoms with Crippen molar-refractivity contribution in [3.8, 4) is 22.6 Å². The predicted octanol–water partition coefficient (Wildman–Crippen LogP) is 5.39. The van der Waals surface area contributed by atoms with Gasteiger partial charge in [0.15, 0.2) is 0 Å². The van der Waals surface area contributed by atoms with E-state index in [0.717, 1.165) is 29.8 Å². The first kappa shape index (κ1) is 20.6. The van der Waals surface area contributed by atoms with Gasteiger partial charge in [0.1, 0.15) is 0 Å². The molecule has 0 unspecified atom stereocenters. The van der Waals surface area contributed by atoms with E-state index >= 15 is 0 Å². The quantitative estimate of drug-likeness (QED) is 0.404.